The Morgan fingerprint density at radius 3 is 2.64 bits per heavy atom. The Kier molecular flexibility index (Phi) is 3.60. The lowest BCUT2D eigenvalue weighted by molar-refractivity contribution is -0.0403. The molecule has 80 valence electrons. The lowest BCUT2D eigenvalue weighted by Crippen LogP contribution is -2.26. The van der Waals surface area contributed by atoms with E-state index in [0.717, 1.165) is 6.42 Å². The number of nitrogens with zero attached hydrogens (tertiary/aromatic N) is 2. The van der Waals surface area contributed by atoms with Gasteiger partial charge in [0.1, 0.15) is 5.60 Å². The zero-order valence-electron chi connectivity index (χ0n) is 8.91. The van der Waals surface area contributed by atoms with Crippen molar-refractivity contribution in [2.45, 2.75) is 39.3 Å². The predicted molar refractivity (Wildman–Crippen MR) is 51.5 cm³/mol. The lowest BCUT2D eigenvalue weighted by atomic mass is 10.0. The van der Waals surface area contributed by atoms with Crippen molar-refractivity contribution in [3.63, 3.8) is 0 Å². The zero-order chi connectivity index (χ0) is 10.6. The minimum absolute atomic E-state index is 0.263. The van der Waals surface area contributed by atoms with E-state index in [1.54, 1.807) is 0 Å². The van der Waals surface area contributed by atoms with Gasteiger partial charge in [-0.1, -0.05) is 12.1 Å². The Morgan fingerprint density at radius 1 is 1.50 bits per heavy atom. The van der Waals surface area contributed by atoms with Crippen LogP contribution >= 0.6 is 0 Å². The highest BCUT2D eigenvalue weighted by Gasteiger charge is 2.30. The van der Waals surface area contributed by atoms with Gasteiger partial charge in [0.15, 0.2) is 0 Å². The first-order chi connectivity index (χ1) is 6.66. The second-order valence-corrected chi connectivity index (χ2v) is 3.23. The molecule has 1 heterocycles. The first-order valence-corrected chi connectivity index (χ1v) is 4.83. The van der Waals surface area contributed by atoms with Crippen LogP contribution in [0, 0.1) is 0 Å². The Labute approximate surface area is 83.6 Å². The molecule has 0 radical (unpaired) electrons. The Hall–Kier alpha value is -0.940. The third-order valence-electron chi connectivity index (χ3n) is 2.25. The molecular weight excluding hydrogens is 182 g/mol. The molecule has 0 fully saturated rings. The summed E-state index contributed by atoms with van der Waals surface area (Å²) >= 11 is 0. The maximum Gasteiger partial charge on any atom is 0.240 e. The molecule has 0 aromatic carbocycles. The van der Waals surface area contributed by atoms with Crippen molar-refractivity contribution >= 4 is 0 Å². The van der Waals surface area contributed by atoms with Crippen molar-refractivity contribution in [2.75, 3.05) is 6.61 Å². The SMILES string of the molecule is CCOC(C)(CC)c1noc(CN)n1. The molecule has 1 atom stereocenters. The average molecular weight is 199 g/mol. The third-order valence-corrected chi connectivity index (χ3v) is 2.25. The summed E-state index contributed by atoms with van der Waals surface area (Å²) in [6.45, 7) is 6.80. The Balaban J connectivity index is 2.87. The Bertz CT molecular complexity index is 287. The van der Waals surface area contributed by atoms with Gasteiger partial charge in [0.2, 0.25) is 11.7 Å². The summed E-state index contributed by atoms with van der Waals surface area (Å²) in [6, 6.07) is 0. The number of hydrogen-bond acceptors (Lipinski definition) is 5. The maximum absolute atomic E-state index is 5.60. The second kappa shape index (κ2) is 4.52. The number of rotatable bonds is 5. The van der Waals surface area contributed by atoms with E-state index in [-0.39, 0.29) is 6.54 Å². The number of nitrogens with two attached hydrogens (primary N) is 1. The van der Waals surface area contributed by atoms with Crippen molar-refractivity contribution in [1.29, 1.82) is 0 Å². The molecule has 0 aliphatic rings. The topological polar surface area (TPSA) is 74.2 Å². The number of ether oxygens (including phenoxy) is 1. The second-order valence-electron chi connectivity index (χ2n) is 3.23. The van der Waals surface area contributed by atoms with Crippen LogP contribution < -0.4 is 5.73 Å². The van der Waals surface area contributed by atoms with Crippen molar-refractivity contribution in [2.24, 2.45) is 5.73 Å². The van der Waals surface area contributed by atoms with E-state index < -0.39 is 5.60 Å². The molecule has 0 saturated heterocycles. The van der Waals surface area contributed by atoms with E-state index >= 15 is 0 Å². The van der Waals surface area contributed by atoms with Gasteiger partial charge in [0.25, 0.3) is 0 Å². The molecule has 5 nitrogen and oxygen atoms in total. The molecule has 5 heteroatoms. The predicted octanol–water partition coefficient (Wildman–Crippen LogP) is 1.19. The van der Waals surface area contributed by atoms with Crippen LogP contribution in [-0.2, 0) is 16.9 Å². The summed E-state index contributed by atoms with van der Waals surface area (Å²) in [7, 11) is 0. The van der Waals surface area contributed by atoms with Crippen molar-refractivity contribution in [3.05, 3.63) is 11.7 Å². The molecule has 0 bridgehead atoms. The van der Waals surface area contributed by atoms with Crippen molar-refractivity contribution in [3.8, 4) is 0 Å². The van der Waals surface area contributed by atoms with E-state index in [1.807, 2.05) is 20.8 Å². The summed E-state index contributed by atoms with van der Waals surface area (Å²) in [5, 5.41) is 3.86. The number of hydrogen-bond donors (Lipinski definition) is 1. The van der Waals surface area contributed by atoms with Gasteiger partial charge >= 0.3 is 0 Å². The van der Waals surface area contributed by atoms with Gasteiger partial charge in [-0.05, 0) is 20.3 Å². The minimum atomic E-state index is -0.467. The third kappa shape index (κ3) is 2.10. The van der Waals surface area contributed by atoms with E-state index in [1.165, 1.54) is 0 Å². The molecule has 0 amide bonds. The highest BCUT2D eigenvalue weighted by molar-refractivity contribution is 4.98. The van der Waals surface area contributed by atoms with Crippen LogP contribution in [0.3, 0.4) is 0 Å². The first-order valence-electron chi connectivity index (χ1n) is 4.83. The fraction of sp³-hybridized carbons (Fsp3) is 0.778. The quantitative estimate of drug-likeness (QED) is 0.771. The van der Waals surface area contributed by atoms with Gasteiger partial charge in [-0.3, -0.25) is 0 Å². The first kappa shape index (κ1) is 11.1. The fourth-order valence-corrected chi connectivity index (χ4v) is 1.20. The highest BCUT2D eigenvalue weighted by Crippen LogP contribution is 2.26. The van der Waals surface area contributed by atoms with Gasteiger partial charge in [-0.25, -0.2) is 0 Å². The molecule has 1 aromatic heterocycles. The molecule has 0 spiro atoms. The van der Waals surface area contributed by atoms with Crippen molar-refractivity contribution in [1.82, 2.24) is 10.1 Å². The van der Waals surface area contributed by atoms with E-state index in [9.17, 15) is 0 Å². The molecule has 1 rings (SSSR count). The lowest BCUT2D eigenvalue weighted by Gasteiger charge is -2.23. The Morgan fingerprint density at radius 2 is 2.21 bits per heavy atom. The molecule has 0 saturated carbocycles. The van der Waals surface area contributed by atoms with Crippen molar-refractivity contribution < 1.29 is 9.26 Å². The molecule has 2 N–H and O–H groups in total. The summed E-state index contributed by atoms with van der Waals surface area (Å²) in [5.41, 5.74) is 4.92. The van der Waals surface area contributed by atoms with Crippen LogP contribution in [0.5, 0.6) is 0 Å². The maximum atomic E-state index is 5.60. The summed E-state index contributed by atoms with van der Waals surface area (Å²) < 4.78 is 10.5. The van der Waals surface area contributed by atoms with E-state index in [4.69, 9.17) is 15.0 Å². The zero-order valence-corrected chi connectivity index (χ0v) is 8.91. The number of aromatic nitrogens is 2. The van der Waals surface area contributed by atoms with Crippen LogP contribution in [0.1, 0.15) is 38.9 Å². The normalized spacial score (nSPS) is 15.4. The van der Waals surface area contributed by atoms with Gasteiger partial charge < -0.3 is 15.0 Å². The highest BCUT2D eigenvalue weighted by atomic mass is 16.5. The molecule has 14 heavy (non-hydrogen) atoms. The summed E-state index contributed by atoms with van der Waals surface area (Å²) in [4.78, 5) is 4.16. The molecule has 0 aliphatic heterocycles. The minimum Gasteiger partial charge on any atom is -0.367 e. The van der Waals surface area contributed by atoms with Crippen LogP contribution in [0.15, 0.2) is 4.52 Å². The molecule has 0 aliphatic carbocycles. The van der Waals surface area contributed by atoms with E-state index in [0.29, 0.717) is 18.3 Å². The van der Waals surface area contributed by atoms with Crippen LogP contribution in [-0.4, -0.2) is 16.7 Å². The molecule has 1 unspecified atom stereocenters. The van der Waals surface area contributed by atoms with Gasteiger partial charge in [0.05, 0.1) is 6.54 Å². The van der Waals surface area contributed by atoms with Gasteiger partial charge in [-0.2, -0.15) is 4.98 Å². The smallest absolute Gasteiger partial charge is 0.240 e. The van der Waals surface area contributed by atoms with Crippen LogP contribution in [0.4, 0.5) is 0 Å². The van der Waals surface area contributed by atoms with E-state index in [2.05, 4.69) is 10.1 Å². The largest absolute Gasteiger partial charge is 0.367 e. The van der Waals surface area contributed by atoms with Gasteiger partial charge in [0, 0.05) is 6.61 Å². The summed E-state index contributed by atoms with van der Waals surface area (Å²) in [5.74, 6) is 1.02. The standard InChI is InChI=1S/C9H17N3O2/c1-4-9(3,13-5-2)8-11-7(6-10)14-12-8/h4-6,10H2,1-3H3. The molecule has 1 aromatic rings. The fourth-order valence-electron chi connectivity index (χ4n) is 1.20. The van der Waals surface area contributed by atoms with Crippen LogP contribution in [0.25, 0.3) is 0 Å². The van der Waals surface area contributed by atoms with Crippen LogP contribution in [0.2, 0.25) is 0 Å². The van der Waals surface area contributed by atoms with Gasteiger partial charge in [-0.15, -0.1) is 0 Å². The summed E-state index contributed by atoms with van der Waals surface area (Å²) in [6.07, 6.45) is 0.796. The molecular formula is C9H17N3O2. The average Bonchev–Trinajstić information content (AvgIpc) is 2.66. The monoisotopic (exact) mass is 199 g/mol.